The zero-order valence-electron chi connectivity index (χ0n) is 21.8. The lowest BCUT2D eigenvalue weighted by molar-refractivity contribution is 0.0322. The van der Waals surface area contributed by atoms with Gasteiger partial charge < -0.3 is 14.8 Å². The molecule has 0 bridgehead atoms. The summed E-state index contributed by atoms with van der Waals surface area (Å²) in [5.41, 5.74) is 6.32. The number of ether oxygens (including phenoxy) is 2. The smallest absolute Gasteiger partial charge is 0.258 e. The summed E-state index contributed by atoms with van der Waals surface area (Å²) in [4.78, 5) is 20.1. The molecule has 0 atom stereocenters. The van der Waals surface area contributed by atoms with E-state index >= 15 is 0 Å². The third-order valence-corrected chi connectivity index (χ3v) is 7.04. The molecule has 0 saturated carbocycles. The molecule has 1 amide bonds. The van der Waals surface area contributed by atoms with E-state index in [-0.39, 0.29) is 5.91 Å². The normalized spacial score (nSPS) is 15.0. The van der Waals surface area contributed by atoms with Gasteiger partial charge in [0.05, 0.1) is 37.2 Å². The Kier molecular flexibility index (Phi) is 7.47. The van der Waals surface area contributed by atoms with Gasteiger partial charge in [-0.3, -0.25) is 19.4 Å². The highest BCUT2D eigenvalue weighted by Gasteiger charge is 2.20. The van der Waals surface area contributed by atoms with Gasteiger partial charge in [0, 0.05) is 55.3 Å². The number of aromatic nitrogens is 3. The maximum Gasteiger partial charge on any atom is 0.258 e. The summed E-state index contributed by atoms with van der Waals surface area (Å²) >= 11 is 0. The number of nitrogens with zero attached hydrogens (tertiary/aromatic N) is 4. The number of rotatable bonds is 9. The lowest BCUT2D eigenvalue weighted by Gasteiger charge is -2.26. The third kappa shape index (κ3) is 6.08. The Balaban J connectivity index is 1.10. The van der Waals surface area contributed by atoms with Crippen LogP contribution in [0.15, 0.2) is 85.3 Å². The number of morpholine rings is 1. The number of amides is 1. The van der Waals surface area contributed by atoms with E-state index in [0.717, 1.165) is 72.2 Å². The molecule has 0 spiro atoms. The van der Waals surface area contributed by atoms with Crippen LogP contribution in [0, 0.1) is 0 Å². The standard InChI is InChI=1S/C31H31N5O3/c37-31(26-20-33-36(22-26)21-23-5-2-1-3-6-23)34-30-10-9-29-28(30)18-25(19-32-29)24-7-4-8-27(17-24)39-16-13-35-11-14-38-15-12-35/h1-8,10,17-20,22H,9,11-16,21H2,(H,34,37). The van der Waals surface area contributed by atoms with E-state index in [1.54, 1.807) is 17.1 Å². The van der Waals surface area contributed by atoms with E-state index in [1.807, 2.05) is 60.8 Å². The van der Waals surface area contributed by atoms with E-state index in [2.05, 4.69) is 27.4 Å². The van der Waals surface area contributed by atoms with Crippen molar-refractivity contribution in [3.05, 3.63) is 108 Å². The molecule has 2 aromatic carbocycles. The molecule has 1 aliphatic heterocycles. The number of benzene rings is 2. The number of carbonyl (C=O) groups excluding carboxylic acids is 1. The Bertz CT molecular complexity index is 1470. The molecule has 1 aliphatic carbocycles. The number of nitrogens with one attached hydrogen (secondary N) is 1. The fourth-order valence-electron chi connectivity index (χ4n) is 4.89. The van der Waals surface area contributed by atoms with Crippen LogP contribution < -0.4 is 10.1 Å². The van der Waals surface area contributed by atoms with Crippen LogP contribution in [0.1, 0.15) is 27.2 Å². The molecule has 3 heterocycles. The third-order valence-electron chi connectivity index (χ3n) is 7.04. The van der Waals surface area contributed by atoms with Crippen LogP contribution in [0.3, 0.4) is 0 Å². The Labute approximate surface area is 227 Å². The largest absolute Gasteiger partial charge is 0.492 e. The Hall–Kier alpha value is -4.27. The molecule has 6 rings (SSSR count). The molecule has 8 nitrogen and oxygen atoms in total. The van der Waals surface area contributed by atoms with Crippen LogP contribution in [0.2, 0.25) is 0 Å². The summed E-state index contributed by atoms with van der Waals surface area (Å²) in [6, 6.07) is 20.2. The molecule has 1 N–H and O–H groups in total. The zero-order valence-corrected chi connectivity index (χ0v) is 21.8. The number of hydrogen-bond acceptors (Lipinski definition) is 6. The lowest BCUT2D eigenvalue weighted by atomic mass is 10.0. The molecule has 8 heteroatoms. The second kappa shape index (κ2) is 11.6. The molecular formula is C31H31N5O3. The predicted octanol–water partition coefficient (Wildman–Crippen LogP) is 4.03. The van der Waals surface area contributed by atoms with Crippen LogP contribution in [0.5, 0.6) is 5.75 Å². The molecule has 198 valence electrons. The molecule has 2 aromatic heterocycles. The van der Waals surface area contributed by atoms with Gasteiger partial charge in [-0.2, -0.15) is 5.10 Å². The maximum atomic E-state index is 13.0. The van der Waals surface area contributed by atoms with E-state index in [9.17, 15) is 4.79 Å². The highest BCUT2D eigenvalue weighted by Crippen LogP contribution is 2.30. The van der Waals surface area contributed by atoms with Crippen molar-refractivity contribution in [2.45, 2.75) is 13.0 Å². The molecule has 0 radical (unpaired) electrons. The molecule has 1 fully saturated rings. The van der Waals surface area contributed by atoms with Crippen LogP contribution in [0.4, 0.5) is 0 Å². The first-order valence-electron chi connectivity index (χ1n) is 13.3. The lowest BCUT2D eigenvalue weighted by Crippen LogP contribution is -2.38. The van der Waals surface area contributed by atoms with Gasteiger partial charge in [-0.15, -0.1) is 0 Å². The maximum absolute atomic E-state index is 13.0. The van der Waals surface area contributed by atoms with E-state index < -0.39 is 0 Å². The molecule has 0 unspecified atom stereocenters. The number of hydrogen-bond donors (Lipinski definition) is 1. The topological polar surface area (TPSA) is 81.5 Å². The Morgan fingerprint density at radius 1 is 1.00 bits per heavy atom. The summed E-state index contributed by atoms with van der Waals surface area (Å²) in [7, 11) is 0. The fraction of sp³-hybridized carbons (Fsp3) is 0.258. The summed E-state index contributed by atoms with van der Waals surface area (Å²) in [5, 5.41) is 7.43. The highest BCUT2D eigenvalue weighted by atomic mass is 16.5. The predicted molar refractivity (Wildman–Crippen MR) is 149 cm³/mol. The molecular weight excluding hydrogens is 490 g/mol. The van der Waals surface area contributed by atoms with Gasteiger partial charge in [-0.05, 0) is 29.3 Å². The average Bonchev–Trinajstić information content (AvgIpc) is 3.61. The Morgan fingerprint density at radius 2 is 1.87 bits per heavy atom. The number of carbonyl (C=O) groups is 1. The van der Waals surface area contributed by atoms with Gasteiger partial charge in [0.2, 0.25) is 0 Å². The minimum absolute atomic E-state index is 0.186. The van der Waals surface area contributed by atoms with Crippen molar-refractivity contribution in [3.63, 3.8) is 0 Å². The van der Waals surface area contributed by atoms with Crippen LogP contribution in [0.25, 0.3) is 16.8 Å². The quantitative estimate of drug-likeness (QED) is 0.358. The average molecular weight is 522 g/mol. The summed E-state index contributed by atoms with van der Waals surface area (Å²) in [6.45, 7) is 5.60. The fourth-order valence-corrected chi connectivity index (χ4v) is 4.89. The van der Waals surface area contributed by atoms with Gasteiger partial charge in [-0.1, -0.05) is 48.5 Å². The molecule has 2 aliphatic rings. The van der Waals surface area contributed by atoms with Gasteiger partial charge in [0.1, 0.15) is 12.4 Å². The first kappa shape index (κ1) is 25.0. The minimum atomic E-state index is -0.186. The van der Waals surface area contributed by atoms with Crippen molar-refractivity contribution in [3.8, 4) is 16.9 Å². The molecule has 4 aromatic rings. The van der Waals surface area contributed by atoms with Crippen molar-refractivity contribution >= 4 is 11.6 Å². The van der Waals surface area contributed by atoms with Crippen LogP contribution in [-0.2, 0) is 17.7 Å². The van der Waals surface area contributed by atoms with E-state index in [4.69, 9.17) is 14.5 Å². The number of pyridine rings is 1. The van der Waals surface area contributed by atoms with Crippen molar-refractivity contribution in [1.82, 2.24) is 25.0 Å². The van der Waals surface area contributed by atoms with Gasteiger partial charge in [0.15, 0.2) is 0 Å². The van der Waals surface area contributed by atoms with Gasteiger partial charge in [0.25, 0.3) is 5.91 Å². The first-order chi connectivity index (χ1) is 19.2. The minimum Gasteiger partial charge on any atom is -0.492 e. The van der Waals surface area contributed by atoms with Crippen LogP contribution >= 0.6 is 0 Å². The summed E-state index contributed by atoms with van der Waals surface area (Å²) < 4.78 is 13.2. The second-order valence-corrected chi connectivity index (χ2v) is 9.74. The summed E-state index contributed by atoms with van der Waals surface area (Å²) in [5.74, 6) is 0.646. The van der Waals surface area contributed by atoms with Crippen molar-refractivity contribution < 1.29 is 14.3 Å². The van der Waals surface area contributed by atoms with Crippen LogP contribution in [-0.4, -0.2) is 65.0 Å². The van der Waals surface area contributed by atoms with Crippen molar-refractivity contribution in [1.29, 1.82) is 0 Å². The van der Waals surface area contributed by atoms with Gasteiger partial charge >= 0.3 is 0 Å². The monoisotopic (exact) mass is 521 g/mol. The van der Waals surface area contributed by atoms with E-state index in [0.29, 0.717) is 25.1 Å². The molecule has 1 saturated heterocycles. The Morgan fingerprint density at radius 3 is 2.74 bits per heavy atom. The SMILES string of the molecule is O=C(NC1=CCc2ncc(-c3cccc(OCCN4CCOCC4)c3)cc21)c1cnn(Cc2ccccc2)c1. The zero-order chi connectivity index (χ0) is 26.4. The summed E-state index contributed by atoms with van der Waals surface area (Å²) in [6.07, 6.45) is 7.96. The number of fused-ring (bicyclic) bond motifs is 1. The van der Waals surface area contributed by atoms with Crippen molar-refractivity contribution in [2.75, 3.05) is 39.5 Å². The number of allylic oxidation sites excluding steroid dienone is 1. The highest BCUT2D eigenvalue weighted by molar-refractivity contribution is 6.00. The first-order valence-corrected chi connectivity index (χ1v) is 13.3. The van der Waals surface area contributed by atoms with E-state index in [1.165, 1.54) is 0 Å². The second-order valence-electron chi connectivity index (χ2n) is 9.74. The molecule has 39 heavy (non-hydrogen) atoms. The van der Waals surface area contributed by atoms with Gasteiger partial charge in [-0.25, -0.2) is 0 Å². The van der Waals surface area contributed by atoms with Crippen molar-refractivity contribution in [2.24, 2.45) is 0 Å².